The average Bonchev–Trinajstić information content (AvgIpc) is 2.77. The van der Waals surface area contributed by atoms with E-state index in [9.17, 15) is 14.7 Å². The summed E-state index contributed by atoms with van der Waals surface area (Å²) in [7, 11) is 4.20. The highest BCUT2D eigenvalue weighted by Crippen LogP contribution is 2.42. The molecule has 0 heterocycles. The molecule has 0 spiro atoms. The van der Waals surface area contributed by atoms with Gasteiger partial charge in [-0.3, -0.25) is 4.79 Å². The van der Waals surface area contributed by atoms with Crippen molar-refractivity contribution in [3.63, 3.8) is 0 Å². The molecule has 0 bridgehead atoms. The van der Waals surface area contributed by atoms with Gasteiger partial charge in [-0.2, -0.15) is 0 Å². The third-order valence-corrected chi connectivity index (χ3v) is 4.61. The molecule has 3 rings (SSSR count). The van der Waals surface area contributed by atoms with Gasteiger partial charge in [0.05, 0.1) is 38.7 Å². The lowest BCUT2D eigenvalue weighted by molar-refractivity contribution is 0.0597. The molecule has 0 radical (unpaired) electrons. The number of ketones is 1. The summed E-state index contributed by atoms with van der Waals surface area (Å²) in [6.45, 7) is 0. The van der Waals surface area contributed by atoms with E-state index in [1.807, 2.05) is 24.3 Å². The van der Waals surface area contributed by atoms with Gasteiger partial charge in [-0.1, -0.05) is 42.5 Å². The zero-order valence-electron chi connectivity index (χ0n) is 16.3. The maximum absolute atomic E-state index is 13.6. The summed E-state index contributed by atoms with van der Waals surface area (Å²) in [4.78, 5) is 25.8. The molecular formula is C23H20O6. The Morgan fingerprint density at radius 2 is 1.38 bits per heavy atom. The zero-order valence-corrected chi connectivity index (χ0v) is 16.3. The smallest absolute Gasteiger partial charge is 0.338 e. The van der Waals surface area contributed by atoms with Crippen molar-refractivity contribution in [1.29, 1.82) is 0 Å². The van der Waals surface area contributed by atoms with Gasteiger partial charge in [0.2, 0.25) is 0 Å². The van der Waals surface area contributed by atoms with Crippen LogP contribution in [0.25, 0.3) is 16.8 Å². The highest BCUT2D eigenvalue weighted by molar-refractivity contribution is 6.20. The van der Waals surface area contributed by atoms with Crippen molar-refractivity contribution in [3.05, 3.63) is 77.0 Å². The highest BCUT2D eigenvalue weighted by Gasteiger charge is 2.28. The van der Waals surface area contributed by atoms with Crippen LogP contribution in [-0.2, 0) is 4.74 Å². The van der Waals surface area contributed by atoms with E-state index in [1.165, 1.54) is 33.5 Å². The van der Waals surface area contributed by atoms with E-state index in [4.69, 9.17) is 14.2 Å². The molecule has 6 nitrogen and oxygen atoms in total. The predicted molar refractivity (Wildman–Crippen MR) is 110 cm³/mol. The molecule has 0 saturated carbocycles. The van der Waals surface area contributed by atoms with Crippen LogP contribution in [0.4, 0.5) is 0 Å². The van der Waals surface area contributed by atoms with Crippen molar-refractivity contribution < 1.29 is 28.9 Å². The Bertz CT molecular complexity index is 1110. The van der Waals surface area contributed by atoms with Crippen molar-refractivity contribution in [2.45, 2.75) is 0 Å². The zero-order chi connectivity index (χ0) is 21.0. The average molecular weight is 392 g/mol. The lowest BCUT2D eigenvalue weighted by atomic mass is 9.90. The fourth-order valence-corrected chi connectivity index (χ4v) is 3.39. The molecule has 0 amide bonds. The maximum atomic E-state index is 13.6. The molecule has 0 aromatic heterocycles. The number of fused-ring (bicyclic) bond motifs is 1. The molecule has 3 aromatic rings. The maximum Gasteiger partial charge on any atom is 0.338 e. The lowest BCUT2D eigenvalue weighted by Gasteiger charge is -2.19. The molecule has 148 valence electrons. The van der Waals surface area contributed by atoms with Gasteiger partial charge in [0.1, 0.15) is 11.5 Å². The molecule has 0 unspecified atom stereocenters. The Labute approximate surface area is 167 Å². The minimum Gasteiger partial charge on any atom is -0.516 e. The van der Waals surface area contributed by atoms with Gasteiger partial charge in [-0.25, -0.2) is 4.79 Å². The minimum absolute atomic E-state index is 0.133. The molecule has 0 saturated heterocycles. The van der Waals surface area contributed by atoms with Gasteiger partial charge in [-0.15, -0.1) is 0 Å². The van der Waals surface area contributed by atoms with E-state index in [2.05, 4.69) is 0 Å². The van der Waals surface area contributed by atoms with Gasteiger partial charge in [0.15, 0.2) is 5.78 Å². The van der Waals surface area contributed by atoms with Gasteiger partial charge in [0.25, 0.3) is 0 Å². The van der Waals surface area contributed by atoms with Crippen LogP contribution in [0, 0.1) is 0 Å². The summed E-state index contributed by atoms with van der Waals surface area (Å²) in [5, 5.41) is 10.9. The number of hydrogen-bond acceptors (Lipinski definition) is 6. The van der Waals surface area contributed by atoms with Gasteiger partial charge in [-0.05, 0) is 12.1 Å². The van der Waals surface area contributed by atoms with E-state index < -0.39 is 11.8 Å². The Morgan fingerprint density at radius 3 is 1.93 bits per heavy atom. The molecule has 0 fully saturated rings. The minimum atomic E-state index is -0.625. The summed E-state index contributed by atoms with van der Waals surface area (Å²) < 4.78 is 16.0. The van der Waals surface area contributed by atoms with E-state index in [1.54, 1.807) is 18.2 Å². The molecule has 6 heteroatoms. The fourth-order valence-electron chi connectivity index (χ4n) is 3.39. The second kappa shape index (κ2) is 8.48. The van der Waals surface area contributed by atoms with Crippen LogP contribution in [0.1, 0.15) is 31.8 Å². The van der Waals surface area contributed by atoms with E-state index in [-0.39, 0.29) is 16.7 Å². The van der Waals surface area contributed by atoms with Gasteiger partial charge >= 0.3 is 5.97 Å². The number of esters is 1. The number of carbonyl (C=O) groups excluding carboxylic acids is 2. The Morgan fingerprint density at radius 1 is 0.828 bits per heavy atom. The Kier molecular flexibility index (Phi) is 5.83. The summed E-state index contributed by atoms with van der Waals surface area (Å²) in [6.07, 6.45) is 2.19. The number of ether oxygens (including phenoxy) is 3. The van der Waals surface area contributed by atoms with Crippen molar-refractivity contribution in [2.75, 3.05) is 21.3 Å². The number of methoxy groups -OCH3 is 3. The molecule has 1 N–H and O–H groups in total. The first-order chi connectivity index (χ1) is 14.1. The van der Waals surface area contributed by atoms with E-state index >= 15 is 0 Å². The third kappa shape index (κ3) is 3.40. The predicted octanol–water partition coefficient (Wildman–Crippen LogP) is 4.40. The summed E-state index contributed by atoms with van der Waals surface area (Å²) in [5.74, 6) is -0.357. The third-order valence-electron chi connectivity index (χ3n) is 4.61. The molecule has 0 aliphatic rings. The van der Waals surface area contributed by atoms with Crippen LogP contribution in [0.3, 0.4) is 0 Å². The van der Waals surface area contributed by atoms with Crippen molar-refractivity contribution >= 4 is 28.6 Å². The second-order valence-corrected chi connectivity index (χ2v) is 6.08. The van der Waals surface area contributed by atoms with Crippen molar-refractivity contribution in [2.24, 2.45) is 0 Å². The van der Waals surface area contributed by atoms with Crippen LogP contribution >= 0.6 is 0 Å². The van der Waals surface area contributed by atoms with Crippen molar-refractivity contribution in [1.82, 2.24) is 0 Å². The van der Waals surface area contributed by atoms with E-state index in [0.29, 0.717) is 22.4 Å². The first-order valence-corrected chi connectivity index (χ1v) is 8.78. The summed E-state index contributed by atoms with van der Waals surface area (Å²) >= 11 is 0. The van der Waals surface area contributed by atoms with Crippen LogP contribution in [0.15, 0.2) is 54.8 Å². The Hall–Kier alpha value is -3.80. The summed E-state index contributed by atoms with van der Waals surface area (Å²) in [5.41, 5.74) is 0.801. The monoisotopic (exact) mass is 392 g/mol. The first kappa shape index (κ1) is 19.9. The number of rotatable bonds is 6. The largest absolute Gasteiger partial charge is 0.516 e. The van der Waals surface area contributed by atoms with Gasteiger partial charge < -0.3 is 19.3 Å². The molecule has 0 aliphatic carbocycles. The van der Waals surface area contributed by atoms with Crippen LogP contribution in [0.2, 0.25) is 0 Å². The number of aliphatic hydroxyl groups is 1. The standard InChI is InChI=1S/C23H20O6/c1-27-21-15-9-5-6-10-16(15)22(28-2)19(18(21)12-13-24)20(25)14-8-4-7-11-17(14)23(26)29-3/h4-13,24H,1-3H3/b13-12-. The summed E-state index contributed by atoms with van der Waals surface area (Å²) in [6, 6.07) is 13.7. The molecular weight excluding hydrogens is 372 g/mol. The van der Waals surface area contributed by atoms with Crippen LogP contribution in [0.5, 0.6) is 11.5 Å². The second-order valence-electron chi connectivity index (χ2n) is 6.08. The molecule has 0 atom stereocenters. The first-order valence-electron chi connectivity index (χ1n) is 8.78. The molecule has 0 aliphatic heterocycles. The quantitative estimate of drug-likeness (QED) is 0.380. The lowest BCUT2D eigenvalue weighted by Crippen LogP contribution is -2.14. The topological polar surface area (TPSA) is 82.1 Å². The SMILES string of the molecule is COC(=O)c1ccccc1C(=O)c1c(/C=C\O)c(OC)c2ccccc2c1OC. The number of aliphatic hydroxyl groups excluding tert-OH is 1. The number of carbonyl (C=O) groups is 2. The normalized spacial score (nSPS) is 10.9. The van der Waals surface area contributed by atoms with Crippen LogP contribution < -0.4 is 9.47 Å². The van der Waals surface area contributed by atoms with Crippen molar-refractivity contribution in [3.8, 4) is 11.5 Å². The fraction of sp³-hybridized carbons (Fsp3) is 0.130. The molecule has 3 aromatic carbocycles. The molecule has 29 heavy (non-hydrogen) atoms. The number of hydrogen-bond donors (Lipinski definition) is 1. The Balaban J connectivity index is 2.42. The number of benzene rings is 3. The highest BCUT2D eigenvalue weighted by atomic mass is 16.5. The van der Waals surface area contributed by atoms with E-state index in [0.717, 1.165) is 11.6 Å². The van der Waals surface area contributed by atoms with Crippen LogP contribution in [-0.4, -0.2) is 38.2 Å². The van der Waals surface area contributed by atoms with Gasteiger partial charge in [0, 0.05) is 21.9 Å².